The van der Waals surface area contributed by atoms with Crippen LogP contribution >= 0.6 is 0 Å². The number of benzene rings is 1. The molecule has 9 nitrogen and oxygen atoms in total. The van der Waals surface area contributed by atoms with E-state index in [0.29, 0.717) is 22.9 Å². The summed E-state index contributed by atoms with van der Waals surface area (Å²) in [7, 11) is 0. The van der Waals surface area contributed by atoms with Crippen molar-refractivity contribution in [3.05, 3.63) is 90.1 Å². The zero-order valence-corrected chi connectivity index (χ0v) is 20.1. The predicted octanol–water partition coefficient (Wildman–Crippen LogP) is 5.94. The van der Waals surface area contributed by atoms with Gasteiger partial charge in [-0.1, -0.05) is 0 Å². The molecule has 5 heterocycles. The van der Waals surface area contributed by atoms with Gasteiger partial charge in [-0.15, -0.1) is 0 Å². The normalized spacial score (nSPS) is 10.9. The van der Waals surface area contributed by atoms with E-state index >= 15 is 0 Å². The molecule has 1 aromatic carbocycles. The van der Waals surface area contributed by atoms with E-state index in [-0.39, 0.29) is 0 Å². The molecule has 0 saturated heterocycles. The SMILES string of the molecule is Cc1cc(Nc2ccc3[nH]c(-c4cncc(Nc5cc(C)nc6ccc(C#N)cc56)c4)nc3n2)ccn1. The summed E-state index contributed by atoms with van der Waals surface area (Å²) in [5, 5.41) is 16.9. The Balaban J connectivity index is 1.31. The average Bonchev–Trinajstić information content (AvgIpc) is 3.32. The summed E-state index contributed by atoms with van der Waals surface area (Å²) < 4.78 is 0. The first-order chi connectivity index (χ1) is 18.0. The number of hydrogen-bond donors (Lipinski definition) is 3. The highest BCUT2D eigenvalue weighted by molar-refractivity contribution is 5.94. The molecule has 9 heteroatoms. The van der Waals surface area contributed by atoms with Gasteiger partial charge in [-0.2, -0.15) is 5.26 Å². The lowest BCUT2D eigenvalue weighted by molar-refractivity contribution is 1.20. The van der Waals surface area contributed by atoms with Crippen molar-refractivity contribution in [2.24, 2.45) is 0 Å². The third-order valence-corrected chi connectivity index (χ3v) is 5.87. The Labute approximate surface area is 212 Å². The monoisotopic (exact) mass is 483 g/mol. The van der Waals surface area contributed by atoms with Gasteiger partial charge in [0.2, 0.25) is 0 Å². The maximum Gasteiger partial charge on any atom is 0.180 e. The molecule has 0 aliphatic rings. The second-order valence-electron chi connectivity index (χ2n) is 8.71. The summed E-state index contributed by atoms with van der Waals surface area (Å²) >= 11 is 0. The Kier molecular flexibility index (Phi) is 5.39. The fraction of sp³-hybridized carbons (Fsp3) is 0.0714. The molecule has 5 aromatic heterocycles. The van der Waals surface area contributed by atoms with Crippen molar-refractivity contribution in [3.8, 4) is 17.5 Å². The van der Waals surface area contributed by atoms with E-state index < -0.39 is 0 Å². The summed E-state index contributed by atoms with van der Waals surface area (Å²) in [5.41, 5.74) is 7.99. The molecule has 6 rings (SSSR count). The number of aromatic nitrogens is 6. The minimum atomic E-state index is 0.579. The van der Waals surface area contributed by atoms with Gasteiger partial charge in [0, 0.05) is 46.1 Å². The highest BCUT2D eigenvalue weighted by atomic mass is 15.1. The minimum absolute atomic E-state index is 0.579. The fourth-order valence-electron chi connectivity index (χ4n) is 4.19. The number of aromatic amines is 1. The van der Waals surface area contributed by atoms with Gasteiger partial charge < -0.3 is 15.6 Å². The van der Waals surface area contributed by atoms with Crippen LogP contribution in [0.1, 0.15) is 17.0 Å². The van der Waals surface area contributed by atoms with E-state index in [2.05, 4.69) is 41.6 Å². The van der Waals surface area contributed by atoms with Crippen LogP contribution in [0.15, 0.2) is 73.2 Å². The predicted molar refractivity (Wildman–Crippen MR) is 144 cm³/mol. The first-order valence-electron chi connectivity index (χ1n) is 11.6. The van der Waals surface area contributed by atoms with Crippen LogP contribution in [0.3, 0.4) is 0 Å². The van der Waals surface area contributed by atoms with Gasteiger partial charge in [-0.05, 0) is 68.4 Å². The van der Waals surface area contributed by atoms with Crippen molar-refractivity contribution >= 4 is 44.9 Å². The lowest BCUT2D eigenvalue weighted by Crippen LogP contribution is -1.96. The van der Waals surface area contributed by atoms with E-state index in [1.807, 2.05) is 62.4 Å². The molecule has 0 bridgehead atoms. The lowest BCUT2D eigenvalue weighted by Gasteiger charge is -2.11. The van der Waals surface area contributed by atoms with Crippen LogP contribution in [0.5, 0.6) is 0 Å². The zero-order valence-electron chi connectivity index (χ0n) is 20.1. The topological polar surface area (TPSA) is 128 Å². The first-order valence-corrected chi connectivity index (χ1v) is 11.6. The van der Waals surface area contributed by atoms with Gasteiger partial charge in [-0.3, -0.25) is 15.0 Å². The van der Waals surface area contributed by atoms with Crippen LogP contribution in [0.4, 0.5) is 22.9 Å². The van der Waals surface area contributed by atoms with Crippen molar-refractivity contribution in [2.45, 2.75) is 13.8 Å². The van der Waals surface area contributed by atoms with E-state index in [0.717, 1.165) is 50.4 Å². The summed E-state index contributed by atoms with van der Waals surface area (Å²) in [6.07, 6.45) is 5.26. The van der Waals surface area contributed by atoms with Crippen molar-refractivity contribution < 1.29 is 0 Å². The molecule has 0 fully saturated rings. The number of fused-ring (bicyclic) bond motifs is 2. The van der Waals surface area contributed by atoms with Crippen LogP contribution in [-0.2, 0) is 0 Å². The number of imidazole rings is 1. The number of anilines is 4. The van der Waals surface area contributed by atoms with Crippen LogP contribution in [-0.4, -0.2) is 29.9 Å². The largest absolute Gasteiger partial charge is 0.354 e. The molecular weight excluding hydrogens is 462 g/mol. The van der Waals surface area contributed by atoms with E-state index in [9.17, 15) is 5.26 Å². The van der Waals surface area contributed by atoms with E-state index in [1.54, 1.807) is 24.7 Å². The lowest BCUT2D eigenvalue weighted by atomic mass is 10.1. The average molecular weight is 484 g/mol. The number of H-pyrrole nitrogens is 1. The first kappa shape index (κ1) is 22.1. The third-order valence-electron chi connectivity index (χ3n) is 5.87. The van der Waals surface area contributed by atoms with Crippen LogP contribution in [0, 0.1) is 25.2 Å². The molecule has 6 aromatic rings. The Morgan fingerprint density at radius 1 is 0.838 bits per heavy atom. The van der Waals surface area contributed by atoms with E-state index in [4.69, 9.17) is 4.98 Å². The smallest absolute Gasteiger partial charge is 0.180 e. The van der Waals surface area contributed by atoms with Crippen molar-refractivity contribution in [3.63, 3.8) is 0 Å². The van der Waals surface area contributed by atoms with Crippen LogP contribution in [0.2, 0.25) is 0 Å². The number of nitrogens with zero attached hydrogens (tertiary/aromatic N) is 6. The summed E-state index contributed by atoms with van der Waals surface area (Å²) in [6.45, 7) is 3.89. The Morgan fingerprint density at radius 2 is 1.76 bits per heavy atom. The molecule has 0 aliphatic heterocycles. The Bertz CT molecular complexity index is 1830. The molecule has 0 unspecified atom stereocenters. The molecule has 0 spiro atoms. The molecule has 178 valence electrons. The number of rotatable bonds is 5. The van der Waals surface area contributed by atoms with Gasteiger partial charge >= 0.3 is 0 Å². The second kappa shape index (κ2) is 9.02. The highest BCUT2D eigenvalue weighted by Crippen LogP contribution is 2.29. The standard InChI is InChI=1S/C28H21N9/c1-16-9-20(7-8-31-16)34-26-6-5-24-28(36-26)37-27(35-24)19-12-21(15-30-14-19)33-25-10-17(2)32-23-4-3-18(13-29)11-22(23)25/h3-12,14-15H,1-2H3,(H,32,33)(H2,31,34,35,36,37). The molecule has 0 radical (unpaired) electrons. The zero-order chi connectivity index (χ0) is 25.4. The molecule has 37 heavy (non-hydrogen) atoms. The third kappa shape index (κ3) is 4.51. The Hall–Kier alpha value is -5.36. The summed E-state index contributed by atoms with van der Waals surface area (Å²) in [4.78, 5) is 25.9. The quantitative estimate of drug-likeness (QED) is 0.275. The maximum absolute atomic E-state index is 9.33. The van der Waals surface area contributed by atoms with Crippen molar-refractivity contribution in [1.29, 1.82) is 5.26 Å². The number of pyridine rings is 4. The van der Waals surface area contributed by atoms with Crippen molar-refractivity contribution in [1.82, 2.24) is 29.9 Å². The van der Waals surface area contributed by atoms with Gasteiger partial charge in [0.15, 0.2) is 5.65 Å². The number of aryl methyl sites for hydroxylation is 2. The molecular formula is C28H21N9. The second-order valence-corrected chi connectivity index (χ2v) is 8.71. The van der Waals surface area contributed by atoms with Crippen molar-refractivity contribution in [2.75, 3.05) is 10.6 Å². The van der Waals surface area contributed by atoms with Gasteiger partial charge in [0.1, 0.15) is 11.6 Å². The highest BCUT2D eigenvalue weighted by Gasteiger charge is 2.11. The fourth-order valence-corrected chi connectivity index (χ4v) is 4.19. The molecule has 3 N–H and O–H groups in total. The van der Waals surface area contributed by atoms with E-state index in [1.165, 1.54) is 0 Å². The van der Waals surface area contributed by atoms with Crippen LogP contribution in [0.25, 0.3) is 33.5 Å². The Morgan fingerprint density at radius 3 is 2.62 bits per heavy atom. The number of nitriles is 1. The van der Waals surface area contributed by atoms with Gasteiger partial charge in [-0.25, -0.2) is 9.97 Å². The number of hydrogen-bond acceptors (Lipinski definition) is 8. The molecule has 0 aliphatic carbocycles. The molecule has 0 atom stereocenters. The number of nitrogens with one attached hydrogen (secondary N) is 3. The maximum atomic E-state index is 9.33. The summed E-state index contributed by atoms with van der Waals surface area (Å²) in [6, 6.07) is 19.3. The minimum Gasteiger partial charge on any atom is -0.354 e. The van der Waals surface area contributed by atoms with Crippen LogP contribution < -0.4 is 10.6 Å². The molecule has 0 amide bonds. The van der Waals surface area contributed by atoms with Gasteiger partial charge in [0.25, 0.3) is 0 Å². The summed E-state index contributed by atoms with van der Waals surface area (Å²) in [5.74, 6) is 1.36. The molecule has 0 saturated carbocycles. The van der Waals surface area contributed by atoms with Gasteiger partial charge in [0.05, 0.1) is 34.6 Å².